The second kappa shape index (κ2) is 7.77. The van der Waals surface area contributed by atoms with Gasteiger partial charge in [0.2, 0.25) is 0 Å². The molecule has 3 nitrogen and oxygen atoms in total. The first-order valence-electron chi connectivity index (χ1n) is 8.36. The van der Waals surface area contributed by atoms with Gasteiger partial charge in [0.05, 0.1) is 11.4 Å². The van der Waals surface area contributed by atoms with Crippen LogP contribution in [0.5, 0.6) is 5.75 Å². The lowest BCUT2D eigenvalue weighted by Crippen LogP contribution is -2.02. The summed E-state index contributed by atoms with van der Waals surface area (Å²) in [6, 6.07) is 5.43. The Balaban J connectivity index is 2.08. The largest absolute Gasteiger partial charge is 0.407 e. The molecular formula is C21H16F4N2O. The Bertz CT molecular complexity index is 1090. The second-order valence-electron chi connectivity index (χ2n) is 6.16. The van der Waals surface area contributed by atoms with E-state index in [9.17, 15) is 17.6 Å². The molecule has 7 heteroatoms. The minimum atomic E-state index is -1.01. The zero-order valence-electron chi connectivity index (χ0n) is 15.4. The van der Waals surface area contributed by atoms with E-state index < -0.39 is 23.3 Å². The van der Waals surface area contributed by atoms with Crippen molar-refractivity contribution in [1.29, 1.82) is 0 Å². The number of nitrogens with zero attached hydrogens (tertiary/aromatic N) is 2. The minimum absolute atomic E-state index is 0.192. The molecule has 0 aliphatic carbocycles. The summed E-state index contributed by atoms with van der Waals surface area (Å²) < 4.78 is 62.6. The molecule has 0 unspecified atom stereocenters. The third-order valence-electron chi connectivity index (χ3n) is 4.27. The third kappa shape index (κ3) is 3.72. The maximum absolute atomic E-state index is 14.7. The quantitative estimate of drug-likeness (QED) is 0.469. The molecule has 1 heterocycles. The van der Waals surface area contributed by atoms with Gasteiger partial charge in [-0.2, -0.15) is 5.10 Å². The molecule has 0 aliphatic heterocycles. The highest BCUT2D eigenvalue weighted by molar-refractivity contribution is 5.67. The predicted molar refractivity (Wildman–Crippen MR) is 96.5 cm³/mol. The first-order chi connectivity index (χ1) is 13.3. The van der Waals surface area contributed by atoms with Crippen molar-refractivity contribution < 1.29 is 22.3 Å². The van der Waals surface area contributed by atoms with Crippen LogP contribution < -0.4 is 4.74 Å². The van der Waals surface area contributed by atoms with Crippen LogP contribution in [0, 0.1) is 42.2 Å². The van der Waals surface area contributed by atoms with Crippen LogP contribution in [-0.2, 0) is 13.5 Å². The van der Waals surface area contributed by atoms with Gasteiger partial charge in [0.15, 0.2) is 0 Å². The molecule has 0 N–H and O–H groups in total. The molecule has 0 saturated heterocycles. The highest BCUT2D eigenvalue weighted by Gasteiger charge is 2.22. The Morgan fingerprint density at radius 3 is 2.29 bits per heavy atom. The number of rotatable bonds is 4. The molecule has 3 rings (SSSR count). The molecule has 0 spiro atoms. The van der Waals surface area contributed by atoms with Gasteiger partial charge in [-0.3, -0.25) is 4.68 Å². The molecule has 0 bridgehead atoms. The van der Waals surface area contributed by atoms with Crippen molar-refractivity contribution in [3.05, 3.63) is 70.4 Å². The molecule has 1 aromatic heterocycles. The first kappa shape index (κ1) is 19.5. The summed E-state index contributed by atoms with van der Waals surface area (Å²) in [5.74, 6) is -0.842. The molecule has 144 valence electrons. The summed E-state index contributed by atoms with van der Waals surface area (Å²) in [5, 5.41) is 4.25. The summed E-state index contributed by atoms with van der Waals surface area (Å²) in [4.78, 5) is 0. The van der Waals surface area contributed by atoms with Crippen molar-refractivity contribution in [3.63, 3.8) is 0 Å². The van der Waals surface area contributed by atoms with Crippen LogP contribution in [0.4, 0.5) is 17.6 Å². The first-order valence-corrected chi connectivity index (χ1v) is 8.36. The molecule has 28 heavy (non-hydrogen) atoms. The van der Waals surface area contributed by atoms with Gasteiger partial charge in [-0.1, -0.05) is 5.92 Å². The zero-order chi connectivity index (χ0) is 20.4. The molecule has 0 atom stereocenters. The van der Waals surface area contributed by atoms with Crippen molar-refractivity contribution in [2.75, 3.05) is 0 Å². The fourth-order valence-electron chi connectivity index (χ4n) is 3.03. The van der Waals surface area contributed by atoms with Crippen LogP contribution in [0.2, 0.25) is 0 Å². The fourth-order valence-corrected chi connectivity index (χ4v) is 3.03. The Hall–Kier alpha value is -3.27. The van der Waals surface area contributed by atoms with Gasteiger partial charge in [0.1, 0.15) is 35.1 Å². The molecule has 3 aromatic rings. The van der Waals surface area contributed by atoms with Gasteiger partial charge in [-0.25, -0.2) is 17.6 Å². The number of hydrogen-bond acceptors (Lipinski definition) is 2. The van der Waals surface area contributed by atoms with Crippen molar-refractivity contribution in [1.82, 2.24) is 9.78 Å². The number of hydrogen-bond donors (Lipinski definition) is 0. The third-order valence-corrected chi connectivity index (χ3v) is 4.27. The lowest BCUT2D eigenvalue weighted by molar-refractivity contribution is 0.511. The zero-order valence-corrected chi connectivity index (χ0v) is 15.4. The van der Waals surface area contributed by atoms with Crippen molar-refractivity contribution in [3.8, 4) is 29.0 Å². The van der Waals surface area contributed by atoms with E-state index in [0.29, 0.717) is 29.1 Å². The minimum Gasteiger partial charge on any atom is -0.407 e. The van der Waals surface area contributed by atoms with Crippen molar-refractivity contribution in [2.24, 2.45) is 7.05 Å². The maximum atomic E-state index is 14.7. The van der Waals surface area contributed by atoms with Crippen molar-refractivity contribution >= 4 is 0 Å². The van der Waals surface area contributed by atoms with E-state index in [4.69, 9.17) is 4.74 Å². The SMILES string of the molecule is CC#COc1ccc(-c2c(Cc3c(F)cc(F)cc3F)c(C)nn2C)c(F)c1. The molecular weight excluding hydrogens is 372 g/mol. The van der Waals surface area contributed by atoms with Crippen LogP contribution in [-0.4, -0.2) is 9.78 Å². The van der Waals surface area contributed by atoms with Gasteiger partial charge in [-0.05, 0) is 19.1 Å². The summed E-state index contributed by atoms with van der Waals surface area (Å²) in [6.45, 7) is 3.24. The maximum Gasteiger partial charge on any atom is 0.143 e. The number of aryl methyl sites for hydroxylation is 2. The summed E-state index contributed by atoms with van der Waals surface area (Å²) in [6.07, 6.45) is 2.18. The van der Waals surface area contributed by atoms with E-state index in [1.807, 2.05) is 0 Å². The van der Waals surface area contributed by atoms with Gasteiger partial charge in [-0.15, -0.1) is 0 Å². The molecule has 0 radical (unpaired) electrons. The lowest BCUT2D eigenvalue weighted by Gasteiger charge is -2.11. The smallest absolute Gasteiger partial charge is 0.143 e. The highest BCUT2D eigenvalue weighted by Crippen LogP contribution is 2.32. The summed E-state index contributed by atoms with van der Waals surface area (Å²) in [5.41, 5.74) is 1.17. The summed E-state index contributed by atoms with van der Waals surface area (Å²) in [7, 11) is 1.61. The number of aromatic nitrogens is 2. The van der Waals surface area contributed by atoms with E-state index >= 15 is 0 Å². The number of benzene rings is 2. The van der Waals surface area contributed by atoms with Crippen molar-refractivity contribution in [2.45, 2.75) is 20.3 Å². The topological polar surface area (TPSA) is 27.1 Å². The Morgan fingerprint density at radius 2 is 1.68 bits per heavy atom. The average molecular weight is 388 g/mol. The number of ether oxygens (including phenoxy) is 1. The van der Waals surface area contributed by atoms with Crippen LogP contribution >= 0.6 is 0 Å². The Kier molecular flexibility index (Phi) is 5.41. The van der Waals surface area contributed by atoms with Crippen LogP contribution in [0.15, 0.2) is 30.3 Å². The molecule has 0 fully saturated rings. The lowest BCUT2D eigenvalue weighted by atomic mass is 9.98. The average Bonchev–Trinajstić information content (AvgIpc) is 2.89. The Labute approximate surface area is 159 Å². The molecule has 0 saturated carbocycles. The van der Waals surface area contributed by atoms with E-state index in [1.54, 1.807) is 20.9 Å². The highest BCUT2D eigenvalue weighted by atomic mass is 19.1. The van der Waals surface area contributed by atoms with Crippen LogP contribution in [0.3, 0.4) is 0 Å². The molecule has 0 amide bonds. The Morgan fingerprint density at radius 1 is 1.00 bits per heavy atom. The second-order valence-corrected chi connectivity index (χ2v) is 6.16. The van der Waals surface area contributed by atoms with E-state index in [0.717, 1.165) is 0 Å². The predicted octanol–water partition coefficient (Wildman–Crippen LogP) is 4.90. The van der Waals surface area contributed by atoms with E-state index in [1.165, 1.54) is 22.9 Å². The van der Waals surface area contributed by atoms with Crippen LogP contribution in [0.25, 0.3) is 11.3 Å². The normalized spacial score (nSPS) is 10.5. The van der Waals surface area contributed by atoms with Gasteiger partial charge >= 0.3 is 0 Å². The fraction of sp³-hybridized carbons (Fsp3) is 0.190. The van der Waals surface area contributed by atoms with Crippen LogP contribution in [0.1, 0.15) is 23.7 Å². The molecule has 2 aromatic carbocycles. The monoisotopic (exact) mass is 388 g/mol. The summed E-state index contributed by atoms with van der Waals surface area (Å²) >= 11 is 0. The molecule has 0 aliphatic rings. The van der Waals surface area contributed by atoms with Gasteiger partial charge < -0.3 is 4.74 Å². The van der Waals surface area contributed by atoms with Gasteiger partial charge in [0.25, 0.3) is 0 Å². The number of halogens is 4. The standard InChI is InChI=1S/C21H16F4N2O/c1-4-7-28-14-5-6-15(20(25)10-14)21-16(12(2)26-27(21)3)11-17-18(23)8-13(22)9-19(17)24/h5-6,8-10H,11H2,1-3H3. The van der Waals surface area contributed by atoms with E-state index in [2.05, 4.69) is 17.1 Å². The van der Waals surface area contributed by atoms with Gasteiger partial charge in [0, 0.05) is 55.3 Å². The van der Waals surface area contributed by atoms with E-state index in [-0.39, 0.29) is 23.3 Å².